The molecule has 1 rings (SSSR count). The second-order valence-corrected chi connectivity index (χ2v) is 3.36. The second-order valence-electron chi connectivity index (χ2n) is 3.36. The van der Waals surface area contributed by atoms with Gasteiger partial charge in [0.1, 0.15) is 0 Å². The number of nitrogens with two attached hydrogens (primary N) is 1. The van der Waals surface area contributed by atoms with E-state index in [0.717, 1.165) is 12.3 Å². The number of hydrazine groups is 1. The Bertz CT molecular complexity index is 482. The lowest BCUT2D eigenvalue weighted by molar-refractivity contribution is -0.386. The minimum atomic E-state index is -0.731. The molecule has 0 unspecified atom stereocenters. The second kappa shape index (κ2) is 5.75. The van der Waals surface area contributed by atoms with Crippen LogP contribution in [0.5, 0.6) is 0 Å². The molecule has 0 saturated heterocycles. The van der Waals surface area contributed by atoms with Gasteiger partial charge in [-0.3, -0.25) is 25.1 Å². The van der Waals surface area contributed by atoms with Crippen LogP contribution >= 0.6 is 0 Å². The van der Waals surface area contributed by atoms with E-state index in [1.54, 1.807) is 0 Å². The van der Waals surface area contributed by atoms with Gasteiger partial charge >= 0.3 is 5.69 Å². The molecule has 1 heterocycles. The van der Waals surface area contributed by atoms with Gasteiger partial charge in [0.2, 0.25) is 5.91 Å². The molecule has 3 N–H and O–H groups in total. The van der Waals surface area contributed by atoms with Gasteiger partial charge in [-0.1, -0.05) is 0 Å². The third kappa shape index (κ3) is 3.68. The van der Waals surface area contributed by atoms with Crippen LogP contribution in [0, 0.1) is 10.1 Å². The molecule has 0 fully saturated rings. The lowest BCUT2D eigenvalue weighted by atomic mass is 10.3. The van der Waals surface area contributed by atoms with Crippen molar-refractivity contribution in [3.05, 3.63) is 38.8 Å². The van der Waals surface area contributed by atoms with Crippen LogP contribution in [0.15, 0.2) is 23.3 Å². The third-order valence-electron chi connectivity index (χ3n) is 2.14. The van der Waals surface area contributed by atoms with E-state index in [1.165, 1.54) is 10.8 Å². The van der Waals surface area contributed by atoms with Crippen molar-refractivity contribution in [2.24, 2.45) is 5.84 Å². The molecule has 0 bridgehead atoms. The Morgan fingerprint density at radius 1 is 1.59 bits per heavy atom. The summed E-state index contributed by atoms with van der Waals surface area (Å²) in [4.78, 5) is 31.7. The van der Waals surface area contributed by atoms with Crippen molar-refractivity contribution in [3.63, 3.8) is 0 Å². The number of pyridine rings is 1. The first-order valence-electron chi connectivity index (χ1n) is 4.88. The van der Waals surface area contributed by atoms with Gasteiger partial charge in [0, 0.05) is 25.2 Å². The van der Waals surface area contributed by atoms with Crippen molar-refractivity contribution in [1.29, 1.82) is 0 Å². The van der Waals surface area contributed by atoms with Crippen LogP contribution < -0.4 is 16.7 Å². The Morgan fingerprint density at radius 3 is 2.88 bits per heavy atom. The van der Waals surface area contributed by atoms with Crippen LogP contribution in [0.3, 0.4) is 0 Å². The van der Waals surface area contributed by atoms with E-state index in [9.17, 15) is 19.7 Å². The van der Waals surface area contributed by atoms with Crippen molar-refractivity contribution in [2.75, 3.05) is 0 Å². The topological polar surface area (TPSA) is 120 Å². The van der Waals surface area contributed by atoms with E-state index < -0.39 is 16.0 Å². The van der Waals surface area contributed by atoms with Crippen LogP contribution in [-0.4, -0.2) is 15.4 Å². The number of hydrogen-bond acceptors (Lipinski definition) is 5. The number of aryl methyl sites for hydroxylation is 1. The van der Waals surface area contributed by atoms with Gasteiger partial charge in [0.05, 0.1) is 11.1 Å². The first kappa shape index (κ1) is 12.8. The number of rotatable bonds is 5. The molecule has 1 aromatic rings. The Morgan fingerprint density at radius 2 is 2.29 bits per heavy atom. The standard InChI is InChI=1S/C9H12N4O4/c10-11-9(15)2-1-4-12-5-3-8(14)7(6-12)13(16)17/h3,5-6H,1-2,4,10H2,(H,11,15). The van der Waals surface area contributed by atoms with E-state index >= 15 is 0 Å². The van der Waals surface area contributed by atoms with Gasteiger partial charge in [-0.25, -0.2) is 5.84 Å². The molecule has 8 heteroatoms. The Balaban J connectivity index is 2.67. The van der Waals surface area contributed by atoms with Crippen LogP contribution in [0.1, 0.15) is 12.8 Å². The highest BCUT2D eigenvalue weighted by Gasteiger charge is 2.11. The molecule has 8 nitrogen and oxygen atoms in total. The zero-order valence-corrected chi connectivity index (χ0v) is 8.96. The van der Waals surface area contributed by atoms with E-state index in [2.05, 4.69) is 0 Å². The highest BCUT2D eigenvalue weighted by Crippen LogP contribution is 2.03. The minimum Gasteiger partial charge on any atom is -0.348 e. The molecule has 1 aromatic heterocycles. The maximum absolute atomic E-state index is 11.1. The summed E-state index contributed by atoms with van der Waals surface area (Å²) in [5.41, 5.74) is 0.874. The van der Waals surface area contributed by atoms with Gasteiger partial charge in [-0.15, -0.1) is 0 Å². The number of amides is 1. The molecule has 17 heavy (non-hydrogen) atoms. The molecule has 0 radical (unpaired) electrons. The summed E-state index contributed by atoms with van der Waals surface area (Å²) in [7, 11) is 0. The number of nitro groups is 1. The highest BCUT2D eigenvalue weighted by atomic mass is 16.6. The zero-order chi connectivity index (χ0) is 12.8. The number of nitrogens with one attached hydrogen (secondary N) is 1. The maximum atomic E-state index is 11.1. The molecule has 0 aliphatic rings. The average molecular weight is 240 g/mol. The maximum Gasteiger partial charge on any atom is 0.332 e. The van der Waals surface area contributed by atoms with Crippen LogP contribution in [0.25, 0.3) is 0 Å². The normalized spacial score (nSPS) is 9.94. The molecular formula is C9H12N4O4. The molecule has 1 amide bonds. The number of hydrogen-bond donors (Lipinski definition) is 2. The monoisotopic (exact) mass is 240 g/mol. The summed E-state index contributed by atoms with van der Waals surface area (Å²) in [5, 5.41) is 10.5. The van der Waals surface area contributed by atoms with E-state index in [0.29, 0.717) is 13.0 Å². The van der Waals surface area contributed by atoms with Gasteiger partial charge in [-0.2, -0.15) is 0 Å². The highest BCUT2D eigenvalue weighted by molar-refractivity contribution is 5.75. The van der Waals surface area contributed by atoms with Gasteiger partial charge in [0.25, 0.3) is 5.43 Å². The van der Waals surface area contributed by atoms with Crippen molar-refractivity contribution in [2.45, 2.75) is 19.4 Å². The fourth-order valence-corrected chi connectivity index (χ4v) is 1.28. The number of nitrogens with zero attached hydrogens (tertiary/aromatic N) is 2. The zero-order valence-electron chi connectivity index (χ0n) is 8.96. The molecular weight excluding hydrogens is 228 g/mol. The van der Waals surface area contributed by atoms with Crippen LogP contribution in [0.2, 0.25) is 0 Å². The van der Waals surface area contributed by atoms with Gasteiger partial charge in [-0.05, 0) is 6.42 Å². The lowest BCUT2D eigenvalue weighted by Crippen LogP contribution is -2.29. The molecule has 0 spiro atoms. The summed E-state index contributed by atoms with van der Waals surface area (Å²) in [6, 6.07) is 1.13. The van der Waals surface area contributed by atoms with Crippen molar-refractivity contribution in [3.8, 4) is 0 Å². The third-order valence-corrected chi connectivity index (χ3v) is 2.14. The Kier molecular flexibility index (Phi) is 4.35. The quantitative estimate of drug-likeness (QED) is 0.312. The molecule has 0 saturated carbocycles. The Labute approximate surface area is 96.2 Å². The molecule has 92 valence electrons. The molecule has 0 aliphatic heterocycles. The average Bonchev–Trinajstić information content (AvgIpc) is 2.30. The summed E-state index contributed by atoms with van der Waals surface area (Å²) < 4.78 is 1.49. The Hall–Kier alpha value is -2.22. The van der Waals surface area contributed by atoms with E-state index in [4.69, 9.17) is 5.84 Å². The predicted octanol–water partition coefficient (Wildman–Crippen LogP) is -0.473. The summed E-state index contributed by atoms with van der Waals surface area (Å²) in [6.07, 6.45) is 3.29. The number of aromatic nitrogens is 1. The fourth-order valence-electron chi connectivity index (χ4n) is 1.28. The molecule has 0 atom stereocenters. The molecule has 0 aromatic carbocycles. The SMILES string of the molecule is NNC(=O)CCCn1ccc(=O)c([N+](=O)[O-])c1. The van der Waals surface area contributed by atoms with Crippen molar-refractivity contribution >= 4 is 11.6 Å². The first-order chi connectivity index (χ1) is 8.04. The van der Waals surface area contributed by atoms with E-state index in [-0.39, 0.29) is 12.3 Å². The number of carbonyl (C=O) groups is 1. The minimum absolute atomic E-state index is 0.219. The fraction of sp³-hybridized carbons (Fsp3) is 0.333. The number of carbonyl (C=O) groups excluding carboxylic acids is 1. The smallest absolute Gasteiger partial charge is 0.332 e. The van der Waals surface area contributed by atoms with E-state index in [1.807, 2.05) is 5.43 Å². The summed E-state index contributed by atoms with van der Waals surface area (Å²) in [6.45, 7) is 0.397. The van der Waals surface area contributed by atoms with Crippen LogP contribution in [0.4, 0.5) is 5.69 Å². The lowest BCUT2D eigenvalue weighted by Gasteiger charge is -2.04. The summed E-state index contributed by atoms with van der Waals surface area (Å²) >= 11 is 0. The summed E-state index contributed by atoms with van der Waals surface area (Å²) in [5.74, 6) is 4.59. The van der Waals surface area contributed by atoms with Crippen molar-refractivity contribution < 1.29 is 9.72 Å². The van der Waals surface area contributed by atoms with Gasteiger partial charge in [0.15, 0.2) is 0 Å². The largest absolute Gasteiger partial charge is 0.348 e. The van der Waals surface area contributed by atoms with Crippen molar-refractivity contribution in [1.82, 2.24) is 9.99 Å². The van der Waals surface area contributed by atoms with Crippen LogP contribution in [-0.2, 0) is 11.3 Å². The first-order valence-corrected chi connectivity index (χ1v) is 4.88. The molecule has 0 aliphatic carbocycles. The predicted molar refractivity (Wildman–Crippen MR) is 58.9 cm³/mol. The van der Waals surface area contributed by atoms with Gasteiger partial charge < -0.3 is 4.57 Å².